The molecule has 0 atom stereocenters. The third-order valence-electron chi connectivity index (χ3n) is 3.18. The van der Waals surface area contributed by atoms with Gasteiger partial charge in [0.2, 0.25) is 0 Å². The van der Waals surface area contributed by atoms with Crippen LogP contribution < -0.4 is 4.31 Å². The number of rotatable bonds is 3. The van der Waals surface area contributed by atoms with Crippen molar-refractivity contribution in [1.82, 2.24) is 0 Å². The summed E-state index contributed by atoms with van der Waals surface area (Å²) in [5, 5.41) is 9.26. The summed E-state index contributed by atoms with van der Waals surface area (Å²) in [5.41, 5.74) is 2.24. The summed E-state index contributed by atoms with van der Waals surface area (Å²) in [6, 6.07) is 11.3. The average Bonchev–Trinajstić information content (AvgIpc) is 2.38. The molecule has 4 nitrogen and oxygen atoms in total. The number of hydrogen-bond acceptors (Lipinski definition) is 3. The average molecular weight is 291 g/mol. The minimum absolute atomic E-state index is 0.103. The van der Waals surface area contributed by atoms with Crippen LogP contribution in [0.15, 0.2) is 47.4 Å². The van der Waals surface area contributed by atoms with Gasteiger partial charge in [-0.15, -0.1) is 0 Å². The van der Waals surface area contributed by atoms with E-state index >= 15 is 0 Å². The van der Waals surface area contributed by atoms with E-state index in [1.54, 1.807) is 31.2 Å². The van der Waals surface area contributed by atoms with E-state index in [1.165, 1.54) is 23.5 Å². The second kappa shape index (κ2) is 5.17. The van der Waals surface area contributed by atoms with Gasteiger partial charge in [0.05, 0.1) is 10.6 Å². The van der Waals surface area contributed by atoms with E-state index in [0.29, 0.717) is 10.6 Å². The van der Waals surface area contributed by atoms with Gasteiger partial charge in [0.25, 0.3) is 10.0 Å². The molecule has 5 heteroatoms. The van der Waals surface area contributed by atoms with E-state index in [2.05, 4.69) is 0 Å². The topological polar surface area (TPSA) is 57.6 Å². The highest BCUT2D eigenvalue weighted by Gasteiger charge is 2.23. The van der Waals surface area contributed by atoms with Gasteiger partial charge in [-0.1, -0.05) is 17.7 Å². The van der Waals surface area contributed by atoms with Gasteiger partial charge in [-0.2, -0.15) is 0 Å². The minimum atomic E-state index is -3.60. The predicted molar refractivity (Wildman–Crippen MR) is 79.6 cm³/mol. The summed E-state index contributed by atoms with van der Waals surface area (Å²) >= 11 is 0. The van der Waals surface area contributed by atoms with Crippen LogP contribution in [0, 0.1) is 13.8 Å². The lowest BCUT2D eigenvalue weighted by Crippen LogP contribution is -2.27. The molecule has 0 radical (unpaired) electrons. The molecule has 0 saturated carbocycles. The molecule has 0 saturated heterocycles. The molecule has 1 N–H and O–H groups in total. The number of benzene rings is 2. The summed E-state index contributed by atoms with van der Waals surface area (Å²) < 4.78 is 26.4. The van der Waals surface area contributed by atoms with Crippen LogP contribution in [-0.2, 0) is 10.0 Å². The zero-order valence-corrected chi connectivity index (χ0v) is 12.5. The molecule has 0 aliphatic rings. The molecule has 0 aromatic heterocycles. The third kappa shape index (κ3) is 2.63. The van der Waals surface area contributed by atoms with Crippen LogP contribution in [0.5, 0.6) is 5.75 Å². The van der Waals surface area contributed by atoms with Crippen molar-refractivity contribution in [2.45, 2.75) is 18.7 Å². The maximum Gasteiger partial charge on any atom is 0.264 e. The van der Waals surface area contributed by atoms with Crippen molar-refractivity contribution >= 4 is 15.7 Å². The number of anilines is 1. The molecule has 0 aliphatic carbocycles. The van der Waals surface area contributed by atoms with Gasteiger partial charge in [0.15, 0.2) is 0 Å². The first kappa shape index (κ1) is 14.4. The molecule has 20 heavy (non-hydrogen) atoms. The predicted octanol–water partition coefficient (Wildman–Crippen LogP) is 2.83. The summed E-state index contributed by atoms with van der Waals surface area (Å²) in [6.07, 6.45) is 0. The molecular formula is C15H17NO3S. The van der Waals surface area contributed by atoms with Gasteiger partial charge in [0, 0.05) is 7.05 Å². The molecule has 2 aromatic carbocycles. The summed E-state index contributed by atoms with van der Waals surface area (Å²) in [5.74, 6) is 0.103. The summed E-state index contributed by atoms with van der Waals surface area (Å²) in [6.45, 7) is 3.71. The SMILES string of the molecule is Cc1ccc(S(=O)(=O)N(C)c2ccc(O)cc2)c(C)c1. The highest BCUT2D eigenvalue weighted by molar-refractivity contribution is 7.92. The van der Waals surface area contributed by atoms with Crippen LogP contribution in [0.2, 0.25) is 0 Å². The van der Waals surface area contributed by atoms with Crippen molar-refractivity contribution in [2.24, 2.45) is 0 Å². The van der Waals surface area contributed by atoms with Crippen LogP contribution in [-0.4, -0.2) is 20.6 Å². The second-order valence-corrected chi connectivity index (χ2v) is 6.70. The van der Waals surface area contributed by atoms with Crippen molar-refractivity contribution < 1.29 is 13.5 Å². The monoisotopic (exact) mass is 291 g/mol. The Kier molecular flexibility index (Phi) is 3.72. The number of aryl methyl sites for hydroxylation is 2. The molecule has 0 spiro atoms. The molecule has 0 heterocycles. The zero-order valence-electron chi connectivity index (χ0n) is 11.7. The van der Waals surface area contributed by atoms with Gasteiger partial charge in [-0.25, -0.2) is 8.42 Å². The molecule has 2 aromatic rings. The van der Waals surface area contributed by atoms with E-state index in [9.17, 15) is 13.5 Å². The van der Waals surface area contributed by atoms with E-state index in [0.717, 1.165) is 11.1 Å². The summed E-state index contributed by atoms with van der Waals surface area (Å²) in [4.78, 5) is 0.290. The standard InChI is InChI=1S/C15H17NO3S/c1-11-4-9-15(12(2)10-11)20(18,19)16(3)13-5-7-14(17)8-6-13/h4-10,17H,1-3H3. The minimum Gasteiger partial charge on any atom is -0.508 e. The molecule has 0 amide bonds. The first-order chi connectivity index (χ1) is 9.32. The first-order valence-corrected chi connectivity index (χ1v) is 7.61. The molecule has 2 rings (SSSR count). The maximum atomic E-state index is 12.6. The molecule has 106 valence electrons. The molecule has 0 unspecified atom stereocenters. The Morgan fingerprint density at radius 1 is 1.00 bits per heavy atom. The fraction of sp³-hybridized carbons (Fsp3) is 0.200. The van der Waals surface area contributed by atoms with E-state index < -0.39 is 10.0 Å². The third-order valence-corrected chi connectivity index (χ3v) is 5.13. The van der Waals surface area contributed by atoms with Crippen molar-refractivity contribution in [3.05, 3.63) is 53.6 Å². The van der Waals surface area contributed by atoms with E-state index in [4.69, 9.17) is 0 Å². The van der Waals surface area contributed by atoms with Gasteiger partial charge in [-0.05, 0) is 49.7 Å². The number of sulfonamides is 1. The number of phenols is 1. The number of aromatic hydroxyl groups is 1. The summed E-state index contributed by atoms with van der Waals surface area (Å²) in [7, 11) is -2.10. The van der Waals surface area contributed by atoms with Crippen LogP contribution >= 0.6 is 0 Å². The van der Waals surface area contributed by atoms with E-state index in [-0.39, 0.29) is 5.75 Å². The number of nitrogens with zero attached hydrogens (tertiary/aromatic N) is 1. The Balaban J connectivity index is 2.46. The van der Waals surface area contributed by atoms with Crippen LogP contribution in [0.25, 0.3) is 0 Å². The number of phenolic OH excluding ortho intramolecular Hbond substituents is 1. The highest BCUT2D eigenvalue weighted by Crippen LogP contribution is 2.26. The van der Waals surface area contributed by atoms with Crippen molar-refractivity contribution in [3.63, 3.8) is 0 Å². The Morgan fingerprint density at radius 3 is 2.15 bits per heavy atom. The molecule has 0 bridgehead atoms. The lowest BCUT2D eigenvalue weighted by atomic mass is 10.2. The van der Waals surface area contributed by atoms with E-state index in [1.807, 2.05) is 13.0 Å². The van der Waals surface area contributed by atoms with Crippen LogP contribution in [0.4, 0.5) is 5.69 Å². The molecule has 0 fully saturated rings. The van der Waals surface area contributed by atoms with Gasteiger partial charge in [0.1, 0.15) is 5.75 Å². The maximum absolute atomic E-state index is 12.6. The highest BCUT2D eigenvalue weighted by atomic mass is 32.2. The lowest BCUT2D eigenvalue weighted by Gasteiger charge is -2.20. The second-order valence-electron chi connectivity index (χ2n) is 4.76. The molecular weight excluding hydrogens is 274 g/mol. The first-order valence-electron chi connectivity index (χ1n) is 6.17. The largest absolute Gasteiger partial charge is 0.508 e. The Bertz CT molecular complexity index is 721. The zero-order chi connectivity index (χ0) is 14.9. The quantitative estimate of drug-likeness (QED) is 0.946. The van der Waals surface area contributed by atoms with Crippen molar-refractivity contribution in [2.75, 3.05) is 11.4 Å². The van der Waals surface area contributed by atoms with Crippen LogP contribution in [0.1, 0.15) is 11.1 Å². The Morgan fingerprint density at radius 2 is 1.60 bits per heavy atom. The van der Waals surface area contributed by atoms with Gasteiger partial charge < -0.3 is 5.11 Å². The lowest BCUT2D eigenvalue weighted by molar-refractivity contribution is 0.475. The van der Waals surface area contributed by atoms with Gasteiger partial charge in [-0.3, -0.25) is 4.31 Å². The van der Waals surface area contributed by atoms with Crippen molar-refractivity contribution in [3.8, 4) is 5.75 Å². The Hall–Kier alpha value is -2.01. The fourth-order valence-corrected chi connectivity index (χ4v) is 3.44. The smallest absolute Gasteiger partial charge is 0.264 e. The Labute approximate surface area is 119 Å². The molecule has 0 aliphatic heterocycles. The fourth-order valence-electron chi connectivity index (χ4n) is 2.04. The van der Waals surface area contributed by atoms with Crippen LogP contribution in [0.3, 0.4) is 0 Å². The van der Waals surface area contributed by atoms with Gasteiger partial charge >= 0.3 is 0 Å². The normalized spacial score (nSPS) is 11.3. The van der Waals surface area contributed by atoms with Crippen molar-refractivity contribution in [1.29, 1.82) is 0 Å². The number of hydrogen-bond donors (Lipinski definition) is 1.